The van der Waals surface area contributed by atoms with Crippen LogP contribution in [0.5, 0.6) is 0 Å². The van der Waals surface area contributed by atoms with Crippen LogP contribution in [0.4, 0.5) is 15.3 Å². The van der Waals surface area contributed by atoms with Crippen molar-refractivity contribution in [2.45, 2.75) is 26.1 Å². The van der Waals surface area contributed by atoms with Gasteiger partial charge in [0.1, 0.15) is 13.2 Å². The van der Waals surface area contributed by atoms with Gasteiger partial charge in [-0.15, -0.1) is 0 Å². The van der Waals surface area contributed by atoms with E-state index < -0.39 is 17.1 Å². The maximum atomic E-state index is 11.7. The van der Waals surface area contributed by atoms with E-state index in [-0.39, 0.29) is 18.9 Å². The van der Waals surface area contributed by atoms with Gasteiger partial charge in [-0.2, -0.15) is 0 Å². The third-order valence-electron chi connectivity index (χ3n) is 3.90. The number of amides is 2. The van der Waals surface area contributed by atoms with Crippen LogP contribution in [0, 0.1) is 10.1 Å². The zero-order chi connectivity index (χ0) is 20.9. The first-order valence-corrected chi connectivity index (χ1v) is 9.13. The van der Waals surface area contributed by atoms with E-state index in [0.29, 0.717) is 31.5 Å². The number of nitro benzene ring substituents is 1. The topological polar surface area (TPSA) is 120 Å². The van der Waals surface area contributed by atoms with Crippen molar-refractivity contribution in [1.82, 2.24) is 10.6 Å². The average molecular weight is 401 g/mol. The van der Waals surface area contributed by atoms with Crippen molar-refractivity contribution in [2.75, 3.05) is 13.1 Å². The normalized spacial score (nSPS) is 10.1. The number of carbonyl (C=O) groups is 2. The van der Waals surface area contributed by atoms with Gasteiger partial charge in [0.05, 0.1) is 10.5 Å². The Morgan fingerprint density at radius 1 is 0.828 bits per heavy atom. The molecule has 0 heterocycles. The van der Waals surface area contributed by atoms with Gasteiger partial charge >= 0.3 is 12.2 Å². The molecule has 0 bridgehead atoms. The van der Waals surface area contributed by atoms with E-state index in [1.807, 2.05) is 30.3 Å². The summed E-state index contributed by atoms with van der Waals surface area (Å²) in [6.07, 6.45) is 0.119. The summed E-state index contributed by atoms with van der Waals surface area (Å²) in [6.45, 7) is 0.800. The van der Waals surface area contributed by atoms with E-state index >= 15 is 0 Å². The molecule has 0 atom stereocenters. The number of hydrogen-bond acceptors (Lipinski definition) is 6. The van der Waals surface area contributed by atoms with Gasteiger partial charge in [0.2, 0.25) is 0 Å². The SMILES string of the molecule is O=C(NCCCCNC(=O)OCc1ccccc1[N+](=O)[O-])OCc1ccccc1. The van der Waals surface area contributed by atoms with Gasteiger partial charge in [0.25, 0.3) is 5.69 Å². The molecule has 9 heteroatoms. The molecule has 0 unspecified atom stereocenters. The second kappa shape index (κ2) is 12.0. The smallest absolute Gasteiger partial charge is 0.407 e. The lowest BCUT2D eigenvalue weighted by Crippen LogP contribution is -2.28. The lowest BCUT2D eigenvalue weighted by Gasteiger charge is -2.08. The highest BCUT2D eigenvalue weighted by Crippen LogP contribution is 2.18. The van der Waals surface area contributed by atoms with Gasteiger partial charge < -0.3 is 20.1 Å². The molecule has 0 saturated heterocycles. The predicted octanol–water partition coefficient (Wildman–Crippen LogP) is 3.53. The molecule has 0 aliphatic heterocycles. The third kappa shape index (κ3) is 8.29. The Labute approximate surface area is 168 Å². The predicted molar refractivity (Wildman–Crippen MR) is 105 cm³/mol. The first-order chi connectivity index (χ1) is 14.1. The molecule has 2 aromatic carbocycles. The monoisotopic (exact) mass is 401 g/mol. The first-order valence-electron chi connectivity index (χ1n) is 9.13. The largest absolute Gasteiger partial charge is 0.445 e. The number of para-hydroxylation sites is 1. The van der Waals surface area contributed by atoms with E-state index in [9.17, 15) is 19.7 Å². The fraction of sp³-hybridized carbons (Fsp3) is 0.300. The van der Waals surface area contributed by atoms with E-state index in [0.717, 1.165) is 5.56 Å². The third-order valence-corrected chi connectivity index (χ3v) is 3.90. The van der Waals surface area contributed by atoms with Crippen LogP contribution in [0.25, 0.3) is 0 Å². The second-order valence-corrected chi connectivity index (χ2v) is 6.08. The number of ether oxygens (including phenoxy) is 2. The molecule has 0 aliphatic rings. The molecule has 154 valence electrons. The lowest BCUT2D eigenvalue weighted by atomic mass is 10.2. The Hall–Kier alpha value is -3.62. The maximum Gasteiger partial charge on any atom is 0.407 e. The van der Waals surface area contributed by atoms with Crippen LogP contribution in [0.1, 0.15) is 24.0 Å². The minimum absolute atomic E-state index is 0.0921. The molecule has 2 aromatic rings. The molecule has 2 rings (SSSR count). The van der Waals surface area contributed by atoms with Crippen molar-refractivity contribution in [3.63, 3.8) is 0 Å². The van der Waals surface area contributed by atoms with Gasteiger partial charge in [0, 0.05) is 19.2 Å². The highest BCUT2D eigenvalue weighted by Gasteiger charge is 2.13. The molecule has 0 spiro atoms. The molecule has 0 aromatic heterocycles. The van der Waals surface area contributed by atoms with Crippen molar-refractivity contribution in [2.24, 2.45) is 0 Å². The van der Waals surface area contributed by atoms with E-state index in [2.05, 4.69) is 10.6 Å². The van der Waals surface area contributed by atoms with Crippen LogP contribution < -0.4 is 10.6 Å². The molecule has 0 radical (unpaired) electrons. The molecule has 29 heavy (non-hydrogen) atoms. The molecule has 0 aliphatic carbocycles. The zero-order valence-corrected chi connectivity index (χ0v) is 15.8. The summed E-state index contributed by atoms with van der Waals surface area (Å²) >= 11 is 0. The average Bonchev–Trinajstić information content (AvgIpc) is 2.74. The minimum Gasteiger partial charge on any atom is -0.445 e. The number of nitrogens with zero attached hydrogens (tertiary/aromatic N) is 1. The number of benzene rings is 2. The second-order valence-electron chi connectivity index (χ2n) is 6.08. The van der Waals surface area contributed by atoms with Crippen molar-refractivity contribution < 1.29 is 24.0 Å². The van der Waals surface area contributed by atoms with Crippen molar-refractivity contribution >= 4 is 17.9 Å². The highest BCUT2D eigenvalue weighted by molar-refractivity contribution is 5.67. The summed E-state index contributed by atoms with van der Waals surface area (Å²) < 4.78 is 10.1. The standard InChI is InChI=1S/C20H23N3O6/c24-19(28-14-16-8-2-1-3-9-16)21-12-6-7-13-22-20(25)29-15-17-10-4-5-11-18(17)23(26)27/h1-5,8-11H,6-7,12-15H2,(H,21,24)(H,22,25). The van der Waals surface area contributed by atoms with Crippen LogP contribution in [0.15, 0.2) is 54.6 Å². The van der Waals surface area contributed by atoms with Crippen LogP contribution >= 0.6 is 0 Å². The van der Waals surface area contributed by atoms with Gasteiger partial charge in [-0.3, -0.25) is 10.1 Å². The Morgan fingerprint density at radius 2 is 1.38 bits per heavy atom. The summed E-state index contributed by atoms with van der Waals surface area (Å²) in [5.41, 5.74) is 1.14. The lowest BCUT2D eigenvalue weighted by molar-refractivity contribution is -0.385. The molecule has 0 saturated carbocycles. The molecule has 0 fully saturated rings. The number of carbonyl (C=O) groups excluding carboxylic acids is 2. The Balaban J connectivity index is 1.52. The van der Waals surface area contributed by atoms with Gasteiger partial charge in [-0.25, -0.2) is 9.59 Å². The number of nitrogens with one attached hydrogen (secondary N) is 2. The van der Waals surface area contributed by atoms with Gasteiger partial charge in [0.15, 0.2) is 0 Å². The fourth-order valence-corrected chi connectivity index (χ4v) is 2.41. The summed E-state index contributed by atoms with van der Waals surface area (Å²) in [5.74, 6) is 0. The van der Waals surface area contributed by atoms with Crippen LogP contribution in [-0.2, 0) is 22.7 Å². The van der Waals surface area contributed by atoms with E-state index in [4.69, 9.17) is 9.47 Å². The fourth-order valence-electron chi connectivity index (χ4n) is 2.41. The van der Waals surface area contributed by atoms with Crippen LogP contribution in [0.3, 0.4) is 0 Å². The molecule has 9 nitrogen and oxygen atoms in total. The summed E-state index contributed by atoms with van der Waals surface area (Å²) in [5, 5.41) is 16.1. The van der Waals surface area contributed by atoms with E-state index in [1.165, 1.54) is 12.1 Å². The number of alkyl carbamates (subject to hydrolysis) is 2. The van der Waals surface area contributed by atoms with Crippen molar-refractivity contribution in [1.29, 1.82) is 0 Å². The molecular formula is C20H23N3O6. The summed E-state index contributed by atoms with van der Waals surface area (Å²) in [7, 11) is 0. The number of unbranched alkanes of at least 4 members (excludes halogenated alkanes) is 1. The van der Waals surface area contributed by atoms with Crippen LogP contribution in [-0.4, -0.2) is 30.2 Å². The van der Waals surface area contributed by atoms with Crippen molar-refractivity contribution in [3.05, 3.63) is 75.8 Å². The minimum atomic E-state index is -0.654. The van der Waals surface area contributed by atoms with Crippen molar-refractivity contribution in [3.8, 4) is 0 Å². The van der Waals surface area contributed by atoms with E-state index in [1.54, 1.807) is 12.1 Å². The quantitative estimate of drug-likeness (QED) is 0.357. The molecule has 2 N–H and O–H groups in total. The number of nitro groups is 1. The van der Waals surface area contributed by atoms with Gasteiger partial charge in [-0.1, -0.05) is 42.5 Å². The summed E-state index contributed by atoms with van der Waals surface area (Å²) in [4.78, 5) is 33.6. The van der Waals surface area contributed by atoms with Gasteiger partial charge in [-0.05, 0) is 24.5 Å². The first kappa shape index (κ1) is 21.7. The number of rotatable bonds is 10. The Morgan fingerprint density at radius 3 is 2.00 bits per heavy atom. The Kier molecular flexibility index (Phi) is 8.94. The Bertz CT molecular complexity index is 813. The summed E-state index contributed by atoms with van der Waals surface area (Å²) in [6, 6.07) is 15.4. The molecular weight excluding hydrogens is 378 g/mol. The highest BCUT2D eigenvalue weighted by atomic mass is 16.6. The number of hydrogen-bond donors (Lipinski definition) is 2. The molecule has 2 amide bonds. The zero-order valence-electron chi connectivity index (χ0n) is 15.8. The maximum absolute atomic E-state index is 11.7. The van der Waals surface area contributed by atoms with Crippen LogP contribution in [0.2, 0.25) is 0 Å².